The summed E-state index contributed by atoms with van der Waals surface area (Å²) in [5.41, 5.74) is 0. The van der Waals surface area contributed by atoms with Gasteiger partial charge in [0, 0.05) is 5.33 Å². The van der Waals surface area contributed by atoms with E-state index < -0.39 is 0 Å². The SMILES string of the molecule is CC(CBr)CCC1CO1. The molecule has 0 aromatic heterocycles. The Hall–Kier alpha value is 0.440. The van der Waals surface area contributed by atoms with Gasteiger partial charge in [0.1, 0.15) is 0 Å². The Balaban J connectivity index is 1.90. The van der Waals surface area contributed by atoms with E-state index in [4.69, 9.17) is 4.74 Å². The molecule has 0 saturated carbocycles. The fourth-order valence-corrected chi connectivity index (χ4v) is 1.11. The molecule has 0 spiro atoms. The van der Waals surface area contributed by atoms with Crippen molar-refractivity contribution in [3.8, 4) is 0 Å². The fraction of sp³-hybridized carbons (Fsp3) is 1.00. The topological polar surface area (TPSA) is 12.5 Å². The zero-order valence-corrected chi connectivity index (χ0v) is 7.36. The van der Waals surface area contributed by atoms with E-state index in [9.17, 15) is 0 Å². The molecule has 0 radical (unpaired) electrons. The highest BCUT2D eigenvalue weighted by molar-refractivity contribution is 9.09. The summed E-state index contributed by atoms with van der Waals surface area (Å²) >= 11 is 3.44. The molecule has 0 amide bonds. The molecule has 0 aromatic carbocycles. The van der Waals surface area contributed by atoms with Crippen LogP contribution in [0, 0.1) is 5.92 Å². The summed E-state index contributed by atoms with van der Waals surface area (Å²) in [6.45, 7) is 3.27. The van der Waals surface area contributed by atoms with Crippen molar-refractivity contribution in [2.24, 2.45) is 5.92 Å². The molecule has 1 aliphatic rings. The highest BCUT2D eigenvalue weighted by atomic mass is 79.9. The Kier molecular flexibility index (Phi) is 2.99. The fourth-order valence-electron chi connectivity index (χ4n) is 0.782. The molecule has 2 unspecified atom stereocenters. The lowest BCUT2D eigenvalue weighted by Crippen LogP contribution is -1.97. The molecule has 0 aromatic rings. The van der Waals surface area contributed by atoms with Crippen molar-refractivity contribution in [3.63, 3.8) is 0 Å². The first kappa shape index (κ1) is 7.55. The van der Waals surface area contributed by atoms with Crippen molar-refractivity contribution in [3.05, 3.63) is 0 Å². The number of rotatable bonds is 4. The summed E-state index contributed by atoms with van der Waals surface area (Å²) in [7, 11) is 0. The van der Waals surface area contributed by atoms with Crippen molar-refractivity contribution >= 4 is 15.9 Å². The molecular weight excluding hydrogens is 180 g/mol. The standard InChI is InChI=1S/C7H13BrO/c1-6(4-8)2-3-7-5-9-7/h6-7H,2-5H2,1H3. The van der Waals surface area contributed by atoms with Crippen LogP contribution in [0.3, 0.4) is 0 Å². The summed E-state index contributed by atoms with van der Waals surface area (Å²) in [5.74, 6) is 0.814. The van der Waals surface area contributed by atoms with Crippen LogP contribution in [0.2, 0.25) is 0 Å². The van der Waals surface area contributed by atoms with E-state index in [1.165, 1.54) is 12.8 Å². The Morgan fingerprint density at radius 2 is 2.44 bits per heavy atom. The molecule has 0 bridgehead atoms. The predicted molar refractivity (Wildman–Crippen MR) is 41.9 cm³/mol. The Labute approximate surface area is 64.9 Å². The van der Waals surface area contributed by atoms with Crippen LogP contribution < -0.4 is 0 Å². The first-order valence-corrected chi connectivity index (χ1v) is 4.62. The average Bonchev–Trinajstić information content (AvgIpc) is 2.65. The van der Waals surface area contributed by atoms with Gasteiger partial charge in [0.15, 0.2) is 0 Å². The zero-order valence-electron chi connectivity index (χ0n) is 5.77. The van der Waals surface area contributed by atoms with Crippen LogP contribution >= 0.6 is 15.9 Å². The van der Waals surface area contributed by atoms with Crippen LogP contribution in [-0.4, -0.2) is 18.0 Å². The van der Waals surface area contributed by atoms with Crippen molar-refractivity contribution in [1.29, 1.82) is 0 Å². The van der Waals surface area contributed by atoms with Gasteiger partial charge in [-0.05, 0) is 18.8 Å². The molecule has 2 atom stereocenters. The molecule has 2 heteroatoms. The van der Waals surface area contributed by atoms with Crippen LogP contribution in [0.15, 0.2) is 0 Å². The van der Waals surface area contributed by atoms with Gasteiger partial charge in [0.05, 0.1) is 12.7 Å². The molecule has 1 heterocycles. The molecule has 1 rings (SSSR count). The maximum atomic E-state index is 5.09. The minimum absolute atomic E-state index is 0.617. The number of hydrogen-bond donors (Lipinski definition) is 0. The summed E-state index contributed by atoms with van der Waals surface area (Å²) in [4.78, 5) is 0. The first-order chi connectivity index (χ1) is 4.33. The minimum atomic E-state index is 0.617. The van der Waals surface area contributed by atoms with Crippen molar-refractivity contribution in [1.82, 2.24) is 0 Å². The van der Waals surface area contributed by atoms with E-state index in [0.717, 1.165) is 17.9 Å². The molecule has 1 nitrogen and oxygen atoms in total. The van der Waals surface area contributed by atoms with Crippen LogP contribution in [0.25, 0.3) is 0 Å². The summed E-state index contributed by atoms with van der Waals surface area (Å²) in [6.07, 6.45) is 3.18. The number of ether oxygens (including phenoxy) is 1. The smallest absolute Gasteiger partial charge is 0.0810 e. The lowest BCUT2D eigenvalue weighted by atomic mass is 10.1. The van der Waals surface area contributed by atoms with Crippen molar-refractivity contribution in [2.45, 2.75) is 25.9 Å². The molecule has 0 aliphatic carbocycles. The predicted octanol–water partition coefficient (Wildman–Crippen LogP) is 2.20. The summed E-state index contributed by atoms with van der Waals surface area (Å²) in [6, 6.07) is 0. The Morgan fingerprint density at radius 1 is 1.78 bits per heavy atom. The molecule has 1 fully saturated rings. The van der Waals surface area contributed by atoms with Crippen LogP contribution in [0.1, 0.15) is 19.8 Å². The highest BCUT2D eigenvalue weighted by Gasteiger charge is 2.22. The van der Waals surface area contributed by atoms with Crippen LogP contribution in [0.5, 0.6) is 0 Å². The van der Waals surface area contributed by atoms with E-state index in [1.807, 2.05) is 0 Å². The van der Waals surface area contributed by atoms with Gasteiger partial charge in [-0.25, -0.2) is 0 Å². The van der Waals surface area contributed by atoms with Crippen molar-refractivity contribution < 1.29 is 4.74 Å². The van der Waals surface area contributed by atoms with Gasteiger partial charge in [-0.3, -0.25) is 0 Å². The number of alkyl halides is 1. The first-order valence-electron chi connectivity index (χ1n) is 3.50. The molecular formula is C7H13BrO. The van der Waals surface area contributed by atoms with Gasteiger partial charge in [-0.15, -0.1) is 0 Å². The third-order valence-electron chi connectivity index (χ3n) is 1.65. The van der Waals surface area contributed by atoms with Gasteiger partial charge in [0.2, 0.25) is 0 Å². The van der Waals surface area contributed by atoms with Gasteiger partial charge in [-0.1, -0.05) is 22.9 Å². The molecule has 0 N–H and O–H groups in total. The maximum absolute atomic E-state index is 5.09. The molecule has 54 valence electrons. The Bertz CT molecular complexity index is 81.0. The van der Waals surface area contributed by atoms with Crippen LogP contribution in [0.4, 0.5) is 0 Å². The molecule has 9 heavy (non-hydrogen) atoms. The van der Waals surface area contributed by atoms with Crippen LogP contribution in [-0.2, 0) is 4.74 Å². The van der Waals surface area contributed by atoms with Gasteiger partial charge in [0.25, 0.3) is 0 Å². The maximum Gasteiger partial charge on any atom is 0.0810 e. The minimum Gasteiger partial charge on any atom is -0.373 e. The van der Waals surface area contributed by atoms with E-state index in [0.29, 0.717) is 6.10 Å². The number of hydrogen-bond acceptors (Lipinski definition) is 1. The monoisotopic (exact) mass is 192 g/mol. The number of halogens is 1. The summed E-state index contributed by atoms with van der Waals surface area (Å²) in [5, 5.41) is 1.12. The quantitative estimate of drug-likeness (QED) is 0.492. The molecule has 1 aliphatic heterocycles. The van der Waals surface area contributed by atoms with Gasteiger partial charge < -0.3 is 4.74 Å². The second-order valence-electron chi connectivity index (χ2n) is 2.79. The van der Waals surface area contributed by atoms with Gasteiger partial charge in [-0.2, -0.15) is 0 Å². The average molecular weight is 193 g/mol. The molecule has 1 saturated heterocycles. The lowest BCUT2D eigenvalue weighted by molar-refractivity contribution is 0.379. The Morgan fingerprint density at radius 3 is 2.89 bits per heavy atom. The second-order valence-corrected chi connectivity index (χ2v) is 3.44. The van der Waals surface area contributed by atoms with Gasteiger partial charge >= 0.3 is 0 Å². The summed E-state index contributed by atoms with van der Waals surface area (Å²) < 4.78 is 5.09. The third-order valence-corrected chi connectivity index (χ3v) is 2.75. The van der Waals surface area contributed by atoms with E-state index in [-0.39, 0.29) is 0 Å². The second kappa shape index (κ2) is 3.57. The highest BCUT2D eigenvalue weighted by Crippen LogP contribution is 2.19. The largest absolute Gasteiger partial charge is 0.373 e. The van der Waals surface area contributed by atoms with E-state index in [1.54, 1.807) is 0 Å². The normalized spacial score (nSPS) is 28.0. The van der Waals surface area contributed by atoms with E-state index in [2.05, 4.69) is 22.9 Å². The van der Waals surface area contributed by atoms with Crippen molar-refractivity contribution in [2.75, 3.05) is 11.9 Å². The third kappa shape index (κ3) is 3.21. The lowest BCUT2D eigenvalue weighted by Gasteiger charge is -2.03. The number of epoxide rings is 1. The van der Waals surface area contributed by atoms with E-state index >= 15 is 0 Å². The zero-order chi connectivity index (χ0) is 6.69.